The Morgan fingerprint density at radius 3 is 2.52 bits per heavy atom. The van der Waals surface area contributed by atoms with Crippen LogP contribution in [0.5, 0.6) is 5.75 Å². The Bertz CT molecular complexity index is 1160. The highest BCUT2D eigenvalue weighted by atomic mass is 35.5. The van der Waals surface area contributed by atoms with Gasteiger partial charge in [-0.05, 0) is 54.8 Å². The molecule has 1 fully saturated rings. The SMILES string of the molecule is COc1ccc(F)cc1C(=O)Nc1cncc(-c2cc(Cl)cc(Cl)c2)c1N1CCC(N)CC1. The van der Waals surface area contributed by atoms with Crippen molar-refractivity contribution in [1.82, 2.24) is 4.98 Å². The molecule has 4 rings (SSSR count). The van der Waals surface area contributed by atoms with Crippen LogP contribution in [0.1, 0.15) is 23.2 Å². The minimum absolute atomic E-state index is 0.0836. The molecule has 3 N–H and O–H groups in total. The van der Waals surface area contributed by atoms with Crippen molar-refractivity contribution in [3.8, 4) is 16.9 Å². The van der Waals surface area contributed by atoms with Crippen LogP contribution in [0.2, 0.25) is 10.0 Å². The molecule has 1 saturated heterocycles. The molecule has 0 bridgehead atoms. The molecule has 2 aromatic carbocycles. The first-order valence-corrected chi connectivity index (χ1v) is 11.2. The van der Waals surface area contributed by atoms with Gasteiger partial charge in [-0.2, -0.15) is 0 Å². The number of hydrogen-bond acceptors (Lipinski definition) is 5. The van der Waals surface area contributed by atoms with Crippen LogP contribution in [-0.2, 0) is 0 Å². The van der Waals surface area contributed by atoms with Gasteiger partial charge in [-0.1, -0.05) is 23.2 Å². The summed E-state index contributed by atoms with van der Waals surface area (Å²) in [5, 5.41) is 3.87. The standard InChI is InChI=1S/C24H23Cl2FN4O2/c1-33-22-3-2-17(27)11-19(22)24(32)30-21-13-29-12-20(14-8-15(25)10-16(26)9-14)23(21)31-6-4-18(28)5-7-31/h2-3,8-13,18H,4-7,28H2,1H3,(H,30,32). The predicted molar refractivity (Wildman–Crippen MR) is 130 cm³/mol. The van der Waals surface area contributed by atoms with Crippen LogP contribution in [0, 0.1) is 5.82 Å². The fourth-order valence-corrected chi connectivity index (χ4v) is 4.50. The van der Waals surface area contributed by atoms with Gasteiger partial charge < -0.3 is 20.7 Å². The van der Waals surface area contributed by atoms with Crippen molar-refractivity contribution in [2.45, 2.75) is 18.9 Å². The molecule has 9 heteroatoms. The molecule has 2 heterocycles. The number of nitrogens with zero attached hydrogens (tertiary/aromatic N) is 2. The number of ether oxygens (including phenoxy) is 1. The molecule has 0 spiro atoms. The highest BCUT2D eigenvalue weighted by Gasteiger charge is 2.24. The van der Waals surface area contributed by atoms with E-state index in [0.717, 1.165) is 35.7 Å². The number of methoxy groups -OCH3 is 1. The summed E-state index contributed by atoms with van der Waals surface area (Å²) in [5.41, 5.74) is 8.98. The van der Waals surface area contributed by atoms with Crippen LogP contribution < -0.4 is 20.7 Å². The first-order valence-electron chi connectivity index (χ1n) is 10.5. The Labute approximate surface area is 201 Å². The summed E-state index contributed by atoms with van der Waals surface area (Å²) in [6.45, 7) is 1.41. The van der Waals surface area contributed by atoms with Crippen LogP contribution in [0.3, 0.4) is 0 Å². The molecule has 0 atom stereocenters. The molecule has 0 radical (unpaired) electrons. The molecule has 1 amide bonds. The topological polar surface area (TPSA) is 80.5 Å². The van der Waals surface area contributed by atoms with Crippen LogP contribution in [0.4, 0.5) is 15.8 Å². The molecule has 3 aromatic rings. The monoisotopic (exact) mass is 488 g/mol. The second kappa shape index (κ2) is 9.95. The summed E-state index contributed by atoms with van der Waals surface area (Å²) in [5.74, 6) is -0.777. The number of benzene rings is 2. The van der Waals surface area contributed by atoms with Crippen molar-refractivity contribution in [2.24, 2.45) is 5.73 Å². The number of pyridine rings is 1. The summed E-state index contributed by atoms with van der Waals surface area (Å²) in [7, 11) is 1.43. The van der Waals surface area contributed by atoms with Crippen LogP contribution in [0.25, 0.3) is 11.1 Å². The smallest absolute Gasteiger partial charge is 0.259 e. The zero-order valence-electron chi connectivity index (χ0n) is 17.9. The van der Waals surface area contributed by atoms with E-state index in [1.54, 1.807) is 30.6 Å². The lowest BCUT2D eigenvalue weighted by Crippen LogP contribution is -2.40. The average molecular weight is 489 g/mol. The third-order valence-electron chi connectivity index (χ3n) is 5.60. The van der Waals surface area contributed by atoms with Crippen molar-refractivity contribution in [1.29, 1.82) is 0 Å². The zero-order valence-corrected chi connectivity index (χ0v) is 19.5. The molecule has 172 valence electrons. The van der Waals surface area contributed by atoms with Crippen LogP contribution in [-0.4, -0.2) is 37.1 Å². The second-order valence-electron chi connectivity index (χ2n) is 7.86. The number of anilines is 2. The Morgan fingerprint density at radius 2 is 1.85 bits per heavy atom. The molecule has 0 saturated carbocycles. The lowest BCUT2D eigenvalue weighted by Gasteiger charge is -2.34. The molecular weight excluding hydrogens is 466 g/mol. The summed E-state index contributed by atoms with van der Waals surface area (Å²) < 4.78 is 19.1. The normalized spacial score (nSPS) is 14.3. The fraction of sp³-hybridized carbons (Fsp3) is 0.250. The van der Waals surface area contributed by atoms with Crippen molar-refractivity contribution >= 4 is 40.5 Å². The number of carbonyl (C=O) groups is 1. The van der Waals surface area contributed by atoms with Gasteiger partial charge in [-0.25, -0.2) is 4.39 Å². The first kappa shape index (κ1) is 23.3. The summed E-state index contributed by atoms with van der Waals surface area (Å²) in [6.07, 6.45) is 4.90. The van der Waals surface area contributed by atoms with E-state index < -0.39 is 11.7 Å². The van der Waals surface area contributed by atoms with E-state index in [1.165, 1.54) is 19.2 Å². The number of piperidine rings is 1. The second-order valence-corrected chi connectivity index (χ2v) is 8.74. The van der Waals surface area contributed by atoms with Crippen LogP contribution in [0.15, 0.2) is 48.8 Å². The van der Waals surface area contributed by atoms with Crippen molar-refractivity contribution in [3.63, 3.8) is 0 Å². The largest absolute Gasteiger partial charge is 0.496 e. The highest BCUT2D eigenvalue weighted by Crippen LogP contribution is 2.40. The third-order valence-corrected chi connectivity index (χ3v) is 6.04. The van der Waals surface area contributed by atoms with E-state index in [-0.39, 0.29) is 17.4 Å². The van der Waals surface area contributed by atoms with Gasteiger partial charge in [-0.3, -0.25) is 9.78 Å². The van der Waals surface area contributed by atoms with Gasteiger partial charge in [0.15, 0.2) is 0 Å². The molecule has 1 aliphatic rings. The quantitative estimate of drug-likeness (QED) is 0.503. The van der Waals surface area contributed by atoms with Gasteiger partial charge in [0, 0.05) is 40.9 Å². The van der Waals surface area contributed by atoms with E-state index in [2.05, 4.69) is 15.2 Å². The molecule has 1 aliphatic heterocycles. The van der Waals surface area contributed by atoms with Gasteiger partial charge in [0.05, 0.1) is 30.2 Å². The molecule has 0 unspecified atom stereocenters. The van der Waals surface area contributed by atoms with Crippen molar-refractivity contribution in [3.05, 3.63) is 70.2 Å². The number of halogens is 3. The first-order chi connectivity index (χ1) is 15.9. The number of aromatic nitrogens is 1. The molecule has 33 heavy (non-hydrogen) atoms. The molecular formula is C24H23Cl2FN4O2. The van der Waals surface area contributed by atoms with E-state index in [1.807, 2.05) is 0 Å². The van der Waals surface area contributed by atoms with E-state index >= 15 is 0 Å². The lowest BCUT2D eigenvalue weighted by molar-refractivity contribution is 0.102. The maximum absolute atomic E-state index is 13.9. The number of nitrogens with one attached hydrogen (secondary N) is 1. The fourth-order valence-electron chi connectivity index (χ4n) is 3.98. The minimum Gasteiger partial charge on any atom is -0.496 e. The number of nitrogens with two attached hydrogens (primary N) is 1. The number of hydrogen-bond donors (Lipinski definition) is 2. The number of rotatable bonds is 5. The lowest BCUT2D eigenvalue weighted by atomic mass is 10.0. The van der Waals surface area contributed by atoms with E-state index in [9.17, 15) is 9.18 Å². The van der Waals surface area contributed by atoms with Gasteiger partial charge in [0.2, 0.25) is 0 Å². The highest BCUT2D eigenvalue weighted by molar-refractivity contribution is 6.35. The molecule has 1 aromatic heterocycles. The van der Waals surface area contributed by atoms with Crippen LogP contribution >= 0.6 is 23.2 Å². The van der Waals surface area contributed by atoms with E-state index in [4.69, 9.17) is 33.7 Å². The molecule has 0 aliphatic carbocycles. The Balaban J connectivity index is 1.79. The Hall–Kier alpha value is -2.87. The third kappa shape index (κ3) is 5.21. The Kier molecular flexibility index (Phi) is 7.02. The summed E-state index contributed by atoms with van der Waals surface area (Å²) in [4.78, 5) is 19.6. The minimum atomic E-state index is -0.536. The summed E-state index contributed by atoms with van der Waals surface area (Å²) >= 11 is 12.5. The van der Waals surface area contributed by atoms with Gasteiger partial charge in [0.1, 0.15) is 11.6 Å². The molecule has 6 nitrogen and oxygen atoms in total. The van der Waals surface area contributed by atoms with Crippen molar-refractivity contribution in [2.75, 3.05) is 30.4 Å². The van der Waals surface area contributed by atoms with E-state index in [0.29, 0.717) is 28.8 Å². The van der Waals surface area contributed by atoms with Gasteiger partial charge >= 0.3 is 0 Å². The van der Waals surface area contributed by atoms with Gasteiger partial charge in [-0.15, -0.1) is 0 Å². The van der Waals surface area contributed by atoms with Crippen molar-refractivity contribution < 1.29 is 13.9 Å². The number of carbonyl (C=O) groups excluding carboxylic acids is 1. The summed E-state index contributed by atoms with van der Waals surface area (Å²) in [6, 6.07) is 9.17. The average Bonchev–Trinajstić information content (AvgIpc) is 2.79. The predicted octanol–water partition coefficient (Wildman–Crippen LogP) is 5.38. The maximum atomic E-state index is 13.9. The number of amides is 1. The van der Waals surface area contributed by atoms with Gasteiger partial charge in [0.25, 0.3) is 5.91 Å². The Morgan fingerprint density at radius 1 is 1.15 bits per heavy atom. The zero-order chi connectivity index (χ0) is 23.5. The maximum Gasteiger partial charge on any atom is 0.259 e.